The summed E-state index contributed by atoms with van der Waals surface area (Å²) >= 11 is 0. The third-order valence-electron chi connectivity index (χ3n) is 2.84. The summed E-state index contributed by atoms with van der Waals surface area (Å²) < 4.78 is 40.2. The van der Waals surface area contributed by atoms with Gasteiger partial charge < -0.3 is 0 Å². The number of hydrogen-bond acceptors (Lipinski definition) is 2. The number of alkyl halides is 3. The molecule has 0 saturated carbocycles. The summed E-state index contributed by atoms with van der Waals surface area (Å²) in [6, 6.07) is 6.73. The zero-order valence-corrected chi connectivity index (χ0v) is 10.9. The molecule has 1 aromatic heterocycles. The van der Waals surface area contributed by atoms with E-state index in [1.165, 1.54) is 12.3 Å². The van der Waals surface area contributed by atoms with E-state index in [1.54, 1.807) is 16.8 Å². The first-order valence-corrected chi connectivity index (χ1v) is 5.99. The summed E-state index contributed by atoms with van der Waals surface area (Å²) in [4.78, 5) is 0. The second-order valence-corrected chi connectivity index (χ2v) is 4.66. The van der Waals surface area contributed by atoms with Gasteiger partial charge in [0.2, 0.25) is 0 Å². The van der Waals surface area contributed by atoms with Crippen molar-refractivity contribution >= 4 is 0 Å². The Morgan fingerprint density at radius 2 is 1.95 bits per heavy atom. The fourth-order valence-corrected chi connectivity index (χ4v) is 1.96. The molecular formula is C14H12F3N3. The van der Waals surface area contributed by atoms with Crippen molar-refractivity contribution in [1.29, 1.82) is 5.26 Å². The van der Waals surface area contributed by atoms with Gasteiger partial charge in [0.05, 0.1) is 22.9 Å². The minimum atomic E-state index is -4.48. The Morgan fingerprint density at radius 1 is 1.25 bits per heavy atom. The average Bonchev–Trinajstić information content (AvgIpc) is 2.86. The van der Waals surface area contributed by atoms with Crippen LogP contribution in [0, 0.1) is 11.3 Å². The number of halogens is 3. The van der Waals surface area contributed by atoms with Gasteiger partial charge in [-0.2, -0.15) is 23.5 Å². The highest BCUT2D eigenvalue weighted by atomic mass is 19.4. The predicted molar refractivity (Wildman–Crippen MR) is 67.8 cm³/mol. The standard InChI is InChI=1S/C14H12F3N3/c1-9(2)20-13(3-4-19-20)11-5-10(8-18)6-12(7-11)14(15,16)17/h3-7,9H,1-2H3. The maximum absolute atomic E-state index is 12.9. The Hall–Kier alpha value is -2.29. The van der Waals surface area contributed by atoms with Gasteiger partial charge >= 0.3 is 6.18 Å². The van der Waals surface area contributed by atoms with Crippen molar-refractivity contribution in [3.05, 3.63) is 41.6 Å². The van der Waals surface area contributed by atoms with Crippen molar-refractivity contribution in [2.24, 2.45) is 0 Å². The Labute approximate surface area is 114 Å². The van der Waals surface area contributed by atoms with Gasteiger partial charge in [0.1, 0.15) is 0 Å². The fourth-order valence-electron chi connectivity index (χ4n) is 1.96. The molecule has 0 bridgehead atoms. The molecule has 0 aliphatic rings. The van der Waals surface area contributed by atoms with Crippen LogP contribution in [0.2, 0.25) is 0 Å². The predicted octanol–water partition coefficient (Wildman–Crippen LogP) is 4.02. The Bertz CT molecular complexity index is 663. The lowest BCUT2D eigenvalue weighted by atomic mass is 10.0. The average molecular weight is 279 g/mol. The first-order chi connectivity index (χ1) is 9.32. The van der Waals surface area contributed by atoms with E-state index in [1.807, 2.05) is 13.8 Å². The molecule has 0 fully saturated rings. The van der Waals surface area contributed by atoms with Gasteiger partial charge in [-0.25, -0.2) is 0 Å². The summed E-state index contributed by atoms with van der Waals surface area (Å²) in [7, 11) is 0. The molecule has 0 amide bonds. The zero-order chi connectivity index (χ0) is 14.9. The van der Waals surface area contributed by atoms with Crippen molar-refractivity contribution in [2.45, 2.75) is 26.1 Å². The van der Waals surface area contributed by atoms with Gasteiger partial charge in [0, 0.05) is 17.8 Å². The molecule has 6 heteroatoms. The number of benzene rings is 1. The quantitative estimate of drug-likeness (QED) is 0.833. The van der Waals surface area contributed by atoms with Crippen molar-refractivity contribution in [3.63, 3.8) is 0 Å². The third-order valence-corrected chi connectivity index (χ3v) is 2.84. The molecule has 2 aromatic rings. The van der Waals surface area contributed by atoms with Crippen molar-refractivity contribution in [3.8, 4) is 17.3 Å². The topological polar surface area (TPSA) is 41.6 Å². The highest BCUT2D eigenvalue weighted by Gasteiger charge is 2.31. The van der Waals surface area contributed by atoms with Gasteiger partial charge in [-0.05, 0) is 38.1 Å². The van der Waals surface area contributed by atoms with Crippen LogP contribution < -0.4 is 0 Å². The van der Waals surface area contributed by atoms with Crippen molar-refractivity contribution in [2.75, 3.05) is 0 Å². The van der Waals surface area contributed by atoms with Crippen LogP contribution in [0.15, 0.2) is 30.5 Å². The third kappa shape index (κ3) is 2.67. The van der Waals surface area contributed by atoms with Crippen LogP contribution in [0.5, 0.6) is 0 Å². The number of hydrogen-bond donors (Lipinski definition) is 0. The SMILES string of the molecule is CC(C)n1nccc1-c1cc(C#N)cc(C(F)(F)F)c1. The minimum absolute atomic E-state index is 0.0140. The summed E-state index contributed by atoms with van der Waals surface area (Å²) in [5.74, 6) is 0. The van der Waals surface area contributed by atoms with Gasteiger partial charge in [-0.1, -0.05) is 0 Å². The van der Waals surface area contributed by atoms with Gasteiger partial charge in [0.25, 0.3) is 0 Å². The summed E-state index contributed by atoms with van der Waals surface area (Å²) in [6.45, 7) is 3.77. The normalized spacial score (nSPS) is 11.7. The smallest absolute Gasteiger partial charge is 0.262 e. The second-order valence-electron chi connectivity index (χ2n) is 4.66. The lowest BCUT2D eigenvalue weighted by molar-refractivity contribution is -0.137. The van der Waals surface area contributed by atoms with Crippen LogP contribution >= 0.6 is 0 Å². The molecule has 0 aliphatic heterocycles. The highest BCUT2D eigenvalue weighted by molar-refractivity contribution is 5.63. The van der Waals surface area contributed by atoms with E-state index >= 15 is 0 Å². The largest absolute Gasteiger partial charge is 0.416 e. The number of nitriles is 1. The van der Waals surface area contributed by atoms with E-state index in [2.05, 4.69) is 5.10 Å². The van der Waals surface area contributed by atoms with Gasteiger partial charge in [-0.15, -0.1) is 0 Å². The number of rotatable bonds is 2. The van der Waals surface area contributed by atoms with E-state index in [0.717, 1.165) is 12.1 Å². The molecule has 0 spiro atoms. The van der Waals surface area contributed by atoms with E-state index in [0.29, 0.717) is 11.3 Å². The van der Waals surface area contributed by atoms with Gasteiger partial charge in [-0.3, -0.25) is 4.68 Å². The zero-order valence-electron chi connectivity index (χ0n) is 10.9. The molecular weight excluding hydrogens is 267 g/mol. The fraction of sp³-hybridized carbons (Fsp3) is 0.286. The van der Waals surface area contributed by atoms with Crippen molar-refractivity contribution in [1.82, 2.24) is 9.78 Å². The molecule has 104 valence electrons. The lowest BCUT2D eigenvalue weighted by Gasteiger charge is -2.13. The first-order valence-electron chi connectivity index (χ1n) is 5.99. The molecule has 0 N–H and O–H groups in total. The number of aromatic nitrogens is 2. The molecule has 0 atom stereocenters. The molecule has 0 aliphatic carbocycles. The van der Waals surface area contributed by atoms with Crippen LogP contribution in [0.25, 0.3) is 11.3 Å². The molecule has 1 aromatic carbocycles. The van der Waals surface area contributed by atoms with Crippen LogP contribution in [-0.2, 0) is 6.18 Å². The van der Waals surface area contributed by atoms with E-state index in [9.17, 15) is 13.2 Å². The minimum Gasteiger partial charge on any atom is -0.262 e. The molecule has 2 rings (SSSR count). The van der Waals surface area contributed by atoms with Crippen LogP contribution in [0.4, 0.5) is 13.2 Å². The Morgan fingerprint density at radius 3 is 2.50 bits per heavy atom. The summed E-state index contributed by atoms with van der Waals surface area (Å²) in [5.41, 5.74) is 0.0413. The summed E-state index contributed by atoms with van der Waals surface area (Å²) in [6.07, 6.45) is -2.95. The molecule has 0 unspecified atom stereocenters. The molecule has 1 heterocycles. The number of nitrogens with zero attached hydrogens (tertiary/aromatic N) is 3. The van der Waals surface area contributed by atoms with E-state index in [-0.39, 0.29) is 11.6 Å². The van der Waals surface area contributed by atoms with Crippen molar-refractivity contribution < 1.29 is 13.2 Å². The lowest BCUT2D eigenvalue weighted by Crippen LogP contribution is -2.08. The van der Waals surface area contributed by atoms with Crippen LogP contribution in [-0.4, -0.2) is 9.78 Å². The molecule has 3 nitrogen and oxygen atoms in total. The summed E-state index contributed by atoms with van der Waals surface area (Å²) in [5, 5.41) is 13.0. The monoisotopic (exact) mass is 279 g/mol. The maximum Gasteiger partial charge on any atom is 0.416 e. The van der Waals surface area contributed by atoms with Crippen LogP contribution in [0.1, 0.15) is 31.0 Å². The van der Waals surface area contributed by atoms with E-state index in [4.69, 9.17) is 5.26 Å². The molecule has 0 radical (unpaired) electrons. The first kappa shape index (κ1) is 14.1. The molecule has 20 heavy (non-hydrogen) atoms. The Balaban J connectivity index is 2.63. The Kier molecular flexibility index (Phi) is 3.53. The van der Waals surface area contributed by atoms with E-state index < -0.39 is 11.7 Å². The van der Waals surface area contributed by atoms with Gasteiger partial charge in [0.15, 0.2) is 0 Å². The maximum atomic E-state index is 12.9. The molecule has 0 saturated heterocycles. The second kappa shape index (κ2) is 5.00. The highest BCUT2D eigenvalue weighted by Crippen LogP contribution is 2.33. The van der Waals surface area contributed by atoms with Crippen LogP contribution in [0.3, 0.4) is 0 Å².